The number of alkyl halides is 1. The van der Waals surface area contributed by atoms with Crippen LogP contribution >= 0.6 is 11.6 Å². The first-order valence-corrected chi connectivity index (χ1v) is 6.46. The topological polar surface area (TPSA) is 52.6 Å². The van der Waals surface area contributed by atoms with E-state index in [4.69, 9.17) is 21.1 Å². The van der Waals surface area contributed by atoms with Gasteiger partial charge in [-0.1, -0.05) is 0 Å². The van der Waals surface area contributed by atoms with Crippen molar-refractivity contribution in [3.63, 3.8) is 0 Å². The summed E-state index contributed by atoms with van der Waals surface area (Å²) in [5, 5.41) is 0. The van der Waals surface area contributed by atoms with Gasteiger partial charge in [-0.3, -0.25) is 9.59 Å². The van der Waals surface area contributed by atoms with Crippen molar-refractivity contribution in [3.05, 3.63) is 28.8 Å². The monoisotopic (exact) mass is 284 g/mol. The molecule has 5 heteroatoms. The van der Waals surface area contributed by atoms with Gasteiger partial charge in [0.15, 0.2) is 6.61 Å². The molecule has 0 aromatic heterocycles. The number of halogens is 1. The molecule has 19 heavy (non-hydrogen) atoms. The van der Waals surface area contributed by atoms with Gasteiger partial charge >= 0.3 is 5.97 Å². The van der Waals surface area contributed by atoms with Crippen LogP contribution in [0.5, 0.6) is 5.75 Å². The molecule has 1 aromatic carbocycles. The Labute approximate surface area is 117 Å². The predicted molar refractivity (Wildman–Crippen MR) is 73.1 cm³/mol. The second-order valence-electron chi connectivity index (χ2n) is 4.10. The molecule has 1 aromatic rings. The summed E-state index contributed by atoms with van der Waals surface area (Å²) >= 11 is 5.57. The lowest BCUT2D eigenvalue weighted by Crippen LogP contribution is -2.14. The molecule has 0 saturated carbocycles. The second-order valence-corrected chi connectivity index (χ2v) is 4.48. The lowest BCUT2D eigenvalue weighted by atomic mass is 9.99. The smallest absolute Gasteiger partial charge is 0.303 e. The van der Waals surface area contributed by atoms with Crippen LogP contribution in [-0.4, -0.2) is 30.8 Å². The molecule has 0 aliphatic heterocycles. The zero-order chi connectivity index (χ0) is 14.4. The largest absolute Gasteiger partial charge is 0.492 e. The average molecular weight is 285 g/mol. The first-order chi connectivity index (χ1) is 8.97. The molecule has 0 N–H and O–H groups in total. The van der Waals surface area contributed by atoms with Gasteiger partial charge in [0.1, 0.15) is 12.4 Å². The summed E-state index contributed by atoms with van der Waals surface area (Å²) in [6.45, 7) is 5.17. The van der Waals surface area contributed by atoms with Crippen LogP contribution in [-0.2, 0) is 9.53 Å². The molecule has 0 aliphatic rings. The Hall–Kier alpha value is -1.55. The minimum atomic E-state index is -0.468. The van der Waals surface area contributed by atoms with Crippen molar-refractivity contribution < 1.29 is 19.1 Å². The summed E-state index contributed by atoms with van der Waals surface area (Å²) in [5.74, 6) is 0.428. The SMILES string of the molecule is CC(=O)OCC(=O)c1ccc(OCCCl)c(C)c1C. The van der Waals surface area contributed by atoms with E-state index in [1.165, 1.54) is 6.92 Å². The van der Waals surface area contributed by atoms with E-state index in [0.717, 1.165) is 11.1 Å². The third kappa shape index (κ3) is 4.24. The summed E-state index contributed by atoms with van der Waals surface area (Å²) < 4.78 is 10.2. The summed E-state index contributed by atoms with van der Waals surface area (Å²) in [5.41, 5.74) is 2.25. The molecule has 0 saturated heterocycles. The molecule has 104 valence electrons. The number of carbonyl (C=O) groups is 2. The average Bonchev–Trinajstić information content (AvgIpc) is 2.37. The van der Waals surface area contributed by atoms with Crippen molar-refractivity contribution in [2.45, 2.75) is 20.8 Å². The van der Waals surface area contributed by atoms with Crippen LogP contribution in [0.3, 0.4) is 0 Å². The summed E-state index contributed by atoms with van der Waals surface area (Å²) in [6.07, 6.45) is 0. The molecule has 0 bridgehead atoms. The van der Waals surface area contributed by atoms with E-state index < -0.39 is 5.97 Å². The lowest BCUT2D eigenvalue weighted by Gasteiger charge is -2.13. The number of ketones is 1. The Balaban J connectivity index is 2.89. The van der Waals surface area contributed by atoms with Crippen LogP contribution in [0.25, 0.3) is 0 Å². The summed E-state index contributed by atoms with van der Waals surface area (Å²) in [6, 6.07) is 3.41. The maximum absolute atomic E-state index is 11.9. The first kappa shape index (κ1) is 15.5. The van der Waals surface area contributed by atoms with E-state index in [9.17, 15) is 9.59 Å². The molecule has 0 fully saturated rings. The normalized spacial score (nSPS) is 10.1. The van der Waals surface area contributed by atoms with E-state index in [1.807, 2.05) is 13.8 Å². The van der Waals surface area contributed by atoms with Crippen LogP contribution in [0.2, 0.25) is 0 Å². The minimum Gasteiger partial charge on any atom is -0.492 e. The highest BCUT2D eigenvalue weighted by molar-refractivity contribution is 6.18. The highest BCUT2D eigenvalue weighted by Crippen LogP contribution is 2.24. The molecule has 0 atom stereocenters. The van der Waals surface area contributed by atoms with Crippen molar-refractivity contribution in [1.29, 1.82) is 0 Å². The Kier molecular flexibility index (Phi) is 5.83. The van der Waals surface area contributed by atoms with E-state index in [1.54, 1.807) is 12.1 Å². The second kappa shape index (κ2) is 7.14. The number of carbonyl (C=O) groups excluding carboxylic acids is 2. The predicted octanol–water partition coefficient (Wildman–Crippen LogP) is 2.67. The van der Waals surface area contributed by atoms with Crippen molar-refractivity contribution in [3.8, 4) is 5.75 Å². The van der Waals surface area contributed by atoms with E-state index >= 15 is 0 Å². The Bertz CT molecular complexity index is 483. The molecule has 0 amide bonds. The third-order valence-electron chi connectivity index (χ3n) is 2.78. The Morgan fingerprint density at radius 3 is 2.47 bits per heavy atom. The minimum absolute atomic E-state index is 0.223. The zero-order valence-corrected chi connectivity index (χ0v) is 12.0. The molecule has 4 nitrogen and oxygen atoms in total. The van der Waals surface area contributed by atoms with Crippen LogP contribution in [0.1, 0.15) is 28.4 Å². The fourth-order valence-corrected chi connectivity index (χ4v) is 1.72. The molecular formula is C14H17ClO4. The quantitative estimate of drug-likeness (QED) is 0.458. The highest BCUT2D eigenvalue weighted by Gasteiger charge is 2.14. The van der Waals surface area contributed by atoms with Crippen LogP contribution in [0.4, 0.5) is 0 Å². The number of hydrogen-bond acceptors (Lipinski definition) is 4. The van der Waals surface area contributed by atoms with Crippen molar-refractivity contribution in [1.82, 2.24) is 0 Å². The Morgan fingerprint density at radius 1 is 1.21 bits per heavy atom. The van der Waals surface area contributed by atoms with Gasteiger partial charge in [0.25, 0.3) is 0 Å². The standard InChI is InChI=1S/C14H17ClO4/c1-9-10(2)14(18-7-6-15)5-4-12(9)13(17)8-19-11(3)16/h4-5H,6-8H2,1-3H3. The maximum atomic E-state index is 11.9. The van der Waals surface area contributed by atoms with Crippen molar-refractivity contribution in [2.24, 2.45) is 0 Å². The van der Waals surface area contributed by atoms with Gasteiger partial charge in [-0.2, -0.15) is 0 Å². The van der Waals surface area contributed by atoms with Crippen molar-refractivity contribution in [2.75, 3.05) is 19.1 Å². The van der Waals surface area contributed by atoms with E-state index in [-0.39, 0.29) is 12.4 Å². The molecule has 0 unspecified atom stereocenters. The number of esters is 1. The fourth-order valence-electron chi connectivity index (χ4n) is 1.65. The van der Waals surface area contributed by atoms with Gasteiger partial charge in [0.2, 0.25) is 5.78 Å². The maximum Gasteiger partial charge on any atom is 0.303 e. The molecular weight excluding hydrogens is 268 g/mol. The first-order valence-electron chi connectivity index (χ1n) is 5.93. The van der Waals surface area contributed by atoms with Gasteiger partial charge in [0.05, 0.1) is 5.88 Å². The van der Waals surface area contributed by atoms with Crippen LogP contribution in [0.15, 0.2) is 12.1 Å². The molecule has 0 radical (unpaired) electrons. The fraction of sp³-hybridized carbons (Fsp3) is 0.429. The van der Waals surface area contributed by atoms with Gasteiger partial charge in [-0.15, -0.1) is 11.6 Å². The van der Waals surface area contributed by atoms with Crippen molar-refractivity contribution >= 4 is 23.4 Å². The Morgan fingerprint density at radius 2 is 1.89 bits per heavy atom. The van der Waals surface area contributed by atoms with Gasteiger partial charge in [-0.25, -0.2) is 0 Å². The van der Waals surface area contributed by atoms with E-state index in [2.05, 4.69) is 0 Å². The number of benzene rings is 1. The zero-order valence-electron chi connectivity index (χ0n) is 11.3. The van der Waals surface area contributed by atoms with Crippen LogP contribution < -0.4 is 4.74 Å². The molecule has 0 aliphatic carbocycles. The summed E-state index contributed by atoms with van der Waals surface area (Å²) in [4.78, 5) is 22.6. The molecule has 0 heterocycles. The van der Waals surface area contributed by atoms with E-state index in [0.29, 0.717) is 23.8 Å². The lowest BCUT2D eigenvalue weighted by molar-refractivity contribution is -0.139. The van der Waals surface area contributed by atoms with Gasteiger partial charge in [0, 0.05) is 12.5 Å². The number of hydrogen-bond donors (Lipinski definition) is 0. The highest BCUT2D eigenvalue weighted by atomic mass is 35.5. The number of ether oxygens (including phenoxy) is 2. The van der Waals surface area contributed by atoms with Gasteiger partial charge < -0.3 is 9.47 Å². The van der Waals surface area contributed by atoms with Crippen LogP contribution in [0, 0.1) is 13.8 Å². The number of Topliss-reactive ketones (excluding diaryl/α,β-unsaturated/α-hetero) is 1. The number of rotatable bonds is 6. The molecule has 1 rings (SSSR count). The summed E-state index contributed by atoms with van der Waals surface area (Å²) in [7, 11) is 0. The molecule has 0 spiro atoms. The third-order valence-corrected chi connectivity index (χ3v) is 2.93. The van der Waals surface area contributed by atoms with Gasteiger partial charge in [-0.05, 0) is 37.1 Å².